The minimum Gasteiger partial charge on any atom is -0.642 e. The summed E-state index contributed by atoms with van der Waals surface area (Å²) in [5.41, 5.74) is 3.09. The second-order valence-electron chi connectivity index (χ2n) is 8.17. The number of aliphatic imine (C=N–C) groups is 2. The molecule has 0 N–H and O–H groups in total. The summed E-state index contributed by atoms with van der Waals surface area (Å²) in [7, 11) is 1.78. The van der Waals surface area contributed by atoms with Gasteiger partial charge < -0.3 is 7.58 Å². The molecule has 6 heteroatoms. The highest BCUT2D eigenvalue weighted by Crippen LogP contribution is 2.28. The molecule has 0 amide bonds. The van der Waals surface area contributed by atoms with Crippen LogP contribution in [0, 0.1) is 0 Å². The third kappa shape index (κ3) is 10.4. The molecule has 0 aliphatic heterocycles. The second-order valence-corrected chi connectivity index (χ2v) is 14.4. The van der Waals surface area contributed by atoms with Gasteiger partial charge >= 0.3 is 29.0 Å². The summed E-state index contributed by atoms with van der Waals surface area (Å²) >= 11 is -2.15. The molecule has 0 saturated carbocycles. The normalized spacial score (nSPS) is 10.7. The molecular formula is C29H38Al2N2O2. The van der Waals surface area contributed by atoms with Crippen molar-refractivity contribution in [3.63, 3.8) is 0 Å². The van der Waals surface area contributed by atoms with Crippen LogP contribution in [-0.4, -0.2) is 48.4 Å². The smallest absolute Gasteiger partial charge is 0.546 e. The van der Waals surface area contributed by atoms with Crippen molar-refractivity contribution >= 4 is 47.1 Å². The minimum atomic E-state index is -1.12. The topological polar surface area (TPSA) is 43.2 Å². The third-order valence-electron chi connectivity index (χ3n) is 5.61. The molecule has 3 aromatic rings. The third-order valence-corrected chi connectivity index (χ3v) is 10.4. The molecule has 0 fully saturated rings. The maximum atomic E-state index is 6.16. The SMILES string of the molecule is C[CH2][Al]([CH2]C)[O]c1ccccc1C=NC.C[CH2][Al]([CH2]C)[O]c1ccccc1N=Cc1ccccc1. The zero-order chi connectivity index (χ0) is 25.3. The van der Waals surface area contributed by atoms with Gasteiger partial charge in [0, 0.05) is 25.0 Å². The molecular weight excluding hydrogens is 462 g/mol. The molecule has 0 heterocycles. The first kappa shape index (κ1) is 28.9. The van der Waals surface area contributed by atoms with E-state index in [1.54, 1.807) is 7.05 Å². The van der Waals surface area contributed by atoms with Crippen LogP contribution in [0.3, 0.4) is 0 Å². The van der Waals surface area contributed by atoms with E-state index in [0.29, 0.717) is 0 Å². The van der Waals surface area contributed by atoms with E-state index in [2.05, 4.69) is 37.7 Å². The maximum absolute atomic E-state index is 6.16. The van der Waals surface area contributed by atoms with Crippen molar-refractivity contribution < 1.29 is 7.58 Å². The van der Waals surface area contributed by atoms with Gasteiger partial charge in [0.15, 0.2) is 0 Å². The summed E-state index contributed by atoms with van der Waals surface area (Å²) in [6.07, 6.45) is 3.74. The van der Waals surface area contributed by atoms with Gasteiger partial charge in [-0.05, 0) is 29.8 Å². The van der Waals surface area contributed by atoms with Crippen molar-refractivity contribution in [2.75, 3.05) is 7.05 Å². The van der Waals surface area contributed by atoms with Gasteiger partial charge in [-0.1, -0.05) is 103 Å². The lowest BCUT2D eigenvalue weighted by Gasteiger charge is -2.14. The van der Waals surface area contributed by atoms with Gasteiger partial charge in [-0.25, -0.2) is 0 Å². The van der Waals surface area contributed by atoms with Gasteiger partial charge in [-0.3, -0.25) is 9.98 Å². The molecule has 0 radical (unpaired) electrons. The zero-order valence-corrected chi connectivity index (χ0v) is 24.2. The molecule has 35 heavy (non-hydrogen) atoms. The van der Waals surface area contributed by atoms with Crippen LogP contribution in [0.15, 0.2) is 88.8 Å². The summed E-state index contributed by atoms with van der Waals surface area (Å²) in [6.45, 7) is 8.82. The molecule has 3 aromatic carbocycles. The predicted molar refractivity (Wildman–Crippen MR) is 155 cm³/mol. The Morgan fingerprint density at radius 1 is 0.629 bits per heavy atom. The molecule has 0 atom stereocenters. The second kappa shape index (κ2) is 17.2. The molecule has 0 bridgehead atoms. The van der Waals surface area contributed by atoms with E-state index in [1.807, 2.05) is 91.3 Å². The number of hydrogen-bond donors (Lipinski definition) is 0. The Morgan fingerprint density at radius 3 is 1.74 bits per heavy atom. The molecule has 0 unspecified atom stereocenters. The van der Waals surface area contributed by atoms with Gasteiger partial charge in [0.2, 0.25) is 0 Å². The number of hydrogen-bond acceptors (Lipinski definition) is 4. The van der Waals surface area contributed by atoms with Crippen LogP contribution in [0.25, 0.3) is 0 Å². The molecule has 4 nitrogen and oxygen atoms in total. The fraction of sp³-hybridized carbons (Fsp3) is 0.310. The van der Waals surface area contributed by atoms with Crippen LogP contribution in [-0.2, 0) is 0 Å². The van der Waals surface area contributed by atoms with Gasteiger partial charge in [0.25, 0.3) is 0 Å². The van der Waals surface area contributed by atoms with E-state index < -0.39 is 29.0 Å². The Morgan fingerprint density at radius 2 is 1.14 bits per heavy atom. The quantitative estimate of drug-likeness (QED) is 0.198. The zero-order valence-electron chi connectivity index (χ0n) is 21.9. The summed E-state index contributed by atoms with van der Waals surface area (Å²) in [4.78, 5) is 8.61. The van der Waals surface area contributed by atoms with Crippen molar-refractivity contribution in [1.29, 1.82) is 0 Å². The largest absolute Gasteiger partial charge is 0.642 e. The van der Waals surface area contributed by atoms with E-state index in [1.165, 1.54) is 10.6 Å². The molecule has 182 valence electrons. The highest BCUT2D eigenvalue weighted by Gasteiger charge is 2.19. The number of benzene rings is 3. The van der Waals surface area contributed by atoms with E-state index in [9.17, 15) is 0 Å². The molecule has 0 spiro atoms. The fourth-order valence-electron chi connectivity index (χ4n) is 3.45. The first-order valence-electron chi connectivity index (χ1n) is 12.7. The molecule has 0 aliphatic carbocycles. The Kier molecular flexibility index (Phi) is 14.2. The van der Waals surface area contributed by atoms with E-state index in [0.717, 1.165) is 38.9 Å². The Labute approximate surface area is 221 Å². The summed E-state index contributed by atoms with van der Waals surface area (Å²) < 4.78 is 12.2. The summed E-state index contributed by atoms with van der Waals surface area (Å²) in [6, 6.07) is 26.3. The van der Waals surface area contributed by atoms with Crippen molar-refractivity contribution in [2.45, 2.75) is 48.8 Å². The van der Waals surface area contributed by atoms with Crippen molar-refractivity contribution in [3.05, 3.63) is 90.0 Å². The minimum absolute atomic E-state index is 0.913. The Balaban J connectivity index is 0.000000258. The number of para-hydroxylation sites is 3. The average molecular weight is 501 g/mol. The van der Waals surface area contributed by atoms with Crippen LogP contribution in [0.1, 0.15) is 38.8 Å². The molecule has 0 aliphatic rings. The van der Waals surface area contributed by atoms with Crippen LogP contribution in [0.5, 0.6) is 11.5 Å². The fourth-order valence-corrected chi connectivity index (χ4v) is 6.40. The lowest BCUT2D eigenvalue weighted by atomic mass is 10.2. The van der Waals surface area contributed by atoms with Gasteiger partial charge in [0.1, 0.15) is 11.4 Å². The van der Waals surface area contributed by atoms with Crippen LogP contribution in [0.4, 0.5) is 5.69 Å². The standard InChI is InChI=1S/C13H11NO.C8H9NO.4C2H5.2Al/c15-13-9-5-4-8-12(13)14-10-11-6-2-1-3-7-11;1-9-6-7-4-2-3-5-8(7)10;4*1-2;;/h1-10,15H;2-6,10H,1H3;4*1H2,2H3;;/q;;;;;;2*+1/p-2. The highest BCUT2D eigenvalue weighted by atomic mass is 27.2. The van der Waals surface area contributed by atoms with Gasteiger partial charge in [0.05, 0.1) is 5.75 Å². The van der Waals surface area contributed by atoms with Crippen molar-refractivity contribution in [3.8, 4) is 11.5 Å². The van der Waals surface area contributed by atoms with E-state index in [-0.39, 0.29) is 0 Å². The highest BCUT2D eigenvalue weighted by molar-refractivity contribution is 6.52. The van der Waals surface area contributed by atoms with E-state index in [4.69, 9.17) is 7.58 Å². The Bertz CT molecular complexity index is 1030. The summed E-state index contributed by atoms with van der Waals surface area (Å²) in [5.74, 6) is 1.91. The van der Waals surface area contributed by atoms with Crippen LogP contribution >= 0.6 is 0 Å². The van der Waals surface area contributed by atoms with Crippen LogP contribution in [0.2, 0.25) is 21.1 Å². The maximum Gasteiger partial charge on any atom is 0.546 e. The monoisotopic (exact) mass is 500 g/mol. The Hall–Kier alpha value is -2.34. The van der Waals surface area contributed by atoms with Gasteiger partial charge in [-0.2, -0.15) is 0 Å². The van der Waals surface area contributed by atoms with Crippen molar-refractivity contribution in [1.82, 2.24) is 0 Å². The molecule has 3 rings (SSSR count). The molecule has 0 saturated heterocycles. The number of nitrogens with zero attached hydrogens (tertiary/aromatic N) is 2. The average Bonchev–Trinajstić information content (AvgIpc) is 2.91. The lowest BCUT2D eigenvalue weighted by Crippen LogP contribution is -2.19. The lowest BCUT2D eigenvalue weighted by molar-refractivity contribution is 0.565. The summed E-state index contributed by atoms with van der Waals surface area (Å²) in [5, 5.41) is 4.64. The van der Waals surface area contributed by atoms with Gasteiger partial charge in [-0.15, -0.1) is 0 Å². The first-order valence-corrected chi connectivity index (χ1v) is 16.9. The predicted octanol–water partition coefficient (Wildman–Crippen LogP) is 7.99. The van der Waals surface area contributed by atoms with E-state index >= 15 is 0 Å². The first-order chi connectivity index (χ1) is 17.1. The molecule has 0 aromatic heterocycles. The van der Waals surface area contributed by atoms with Crippen molar-refractivity contribution in [2.24, 2.45) is 9.98 Å². The van der Waals surface area contributed by atoms with Crippen LogP contribution < -0.4 is 7.58 Å². The number of rotatable bonds is 11.